The van der Waals surface area contributed by atoms with E-state index in [4.69, 9.17) is 0 Å². The van der Waals surface area contributed by atoms with Gasteiger partial charge in [-0.2, -0.15) is 5.10 Å². The summed E-state index contributed by atoms with van der Waals surface area (Å²) in [5.74, 6) is -0.655. The average molecular weight is 320 g/mol. The molecule has 23 heavy (non-hydrogen) atoms. The Labute approximate surface area is 135 Å². The maximum Gasteiger partial charge on any atom is 0.317 e. The maximum absolute atomic E-state index is 12.4. The maximum atomic E-state index is 12.4. The number of carbonyl (C=O) groups excluding carboxylic acids is 1. The highest BCUT2D eigenvalue weighted by atomic mass is 16.4. The van der Waals surface area contributed by atoms with Crippen LogP contribution in [-0.4, -0.2) is 50.9 Å². The number of carbonyl (C=O) groups is 2. The van der Waals surface area contributed by atoms with E-state index in [-0.39, 0.29) is 18.0 Å². The zero-order valence-corrected chi connectivity index (χ0v) is 13.7. The number of urea groups is 1. The first kappa shape index (κ1) is 15.8. The third-order valence-electron chi connectivity index (χ3n) is 5.25. The standard InChI is InChI=1S/C16H24N4O3/c1-11(6-12-7-17-19(2)8-12)18-15(23)20-9-13-4-3-5-16(13,10-20)14(21)22/h7-8,11,13H,3-6,9-10H2,1-2H3,(H,18,23)(H,21,22)/t11?,13-,16+/m0/s1. The SMILES string of the molecule is CC(Cc1cnn(C)c1)NC(=O)N1C[C@@H]2CCC[C@@]2(C(=O)O)C1. The molecule has 1 saturated heterocycles. The van der Waals surface area contributed by atoms with E-state index in [9.17, 15) is 14.7 Å². The van der Waals surface area contributed by atoms with Crippen LogP contribution in [0.2, 0.25) is 0 Å². The highest BCUT2D eigenvalue weighted by molar-refractivity contribution is 5.80. The molecular weight excluding hydrogens is 296 g/mol. The number of likely N-dealkylation sites (tertiary alicyclic amines) is 1. The molecule has 0 bridgehead atoms. The van der Waals surface area contributed by atoms with Crippen molar-refractivity contribution in [1.29, 1.82) is 0 Å². The van der Waals surface area contributed by atoms with E-state index >= 15 is 0 Å². The Morgan fingerprint density at radius 2 is 2.35 bits per heavy atom. The fourth-order valence-corrected chi connectivity index (χ4v) is 4.08. The van der Waals surface area contributed by atoms with Crippen molar-refractivity contribution in [3.05, 3.63) is 18.0 Å². The summed E-state index contributed by atoms with van der Waals surface area (Å²) in [6, 6.07) is -0.177. The van der Waals surface area contributed by atoms with Crippen LogP contribution in [0.3, 0.4) is 0 Å². The zero-order valence-electron chi connectivity index (χ0n) is 13.7. The molecule has 1 aliphatic heterocycles. The molecule has 3 rings (SSSR count). The number of rotatable bonds is 4. The van der Waals surface area contributed by atoms with Crippen molar-refractivity contribution in [2.45, 2.75) is 38.6 Å². The molecule has 1 aromatic heterocycles. The van der Waals surface area contributed by atoms with Gasteiger partial charge in [0.15, 0.2) is 0 Å². The second-order valence-corrected chi connectivity index (χ2v) is 7.01. The largest absolute Gasteiger partial charge is 0.481 e. The average Bonchev–Trinajstić information content (AvgIpc) is 3.12. The van der Waals surface area contributed by atoms with Crippen molar-refractivity contribution in [2.24, 2.45) is 18.4 Å². The van der Waals surface area contributed by atoms with Crippen LogP contribution in [0.1, 0.15) is 31.7 Å². The first-order chi connectivity index (χ1) is 10.9. The van der Waals surface area contributed by atoms with E-state index in [0.29, 0.717) is 25.9 Å². The molecule has 2 N–H and O–H groups in total. The number of nitrogens with zero attached hydrogens (tertiary/aromatic N) is 3. The van der Waals surface area contributed by atoms with Crippen molar-refractivity contribution >= 4 is 12.0 Å². The van der Waals surface area contributed by atoms with Gasteiger partial charge in [0.25, 0.3) is 0 Å². The van der Waals surface area contributed by atoms with Crippen LogP contribution in [0.15, 0.2) is 12.4 Å². The summed E-state index contributed by atoms with van der Waals surface area (Å²) in [4.78, 5) is 25.8. The van der Waals surface area contributed by atoms with Gasteiger partial charge in [-0.05, 0) is 37.7 Å². The number of fused-ring (bicyclic) bond motifs is 1. The van der Waals surface area contributed by atoms with Gasteiger partial charge in [-0.25, -0.2) is 4.79 Å². The molecular formula is C16H24N4O3. The summed E-state index contributed by atoms with van der Waals surface area (Å²) in [6.07, 6.45) is 6.97. The lowest BCUT2D eigenvalue weighted by Crippen LogP contribution is -2.45. The molecule has 2 amide bonds. The number of aliphatic carboxylic acids is 1. The summed E-state index contributed by atoms with van der Waals surface area (Å²) in [7, 11) is 1.86. The second kappa shape index (κ2) is 5.86. The number of hydrogen-bond donors (Lipinski definition) is 2. The van der Waals surface area contributed by atoms with Crippen LogP contribution < -0.4 is 5.32 Å². The van der Waals surface area contributed by atoms with Crippen molar-refractivity contribution in [2.75, 3.05) is 13.1 Å². The molecule has 0 aromatic carbocycles. The minimum absolute atomic E-state index is 0.0204. The van der Waals surface area contributed by atoms with Gasteiger partial charge in [0.05, 0.1) is 11.6 Å². The molecule has 1 aliphatic carbocycles. The fourth-order valence-electron chi connectivity index (χ4n) is 4.08. The van der Waals surface area contributed by atoms with Crippen LogP contribution in [0.5, 0.6) is 0 Å². The van der Waals surface area contributed by atoms with Crippen molar-refractivity contribution in [3.8, 4) is 0 Å². The fraction of sp³-hybridized carbons (Fsp3) is 0.688. The first-order valence-electron chi connectivity index (χ1n) is 8.17. The van der Waals surface area contributed by atoms with E-state index in [2.05, 4.69) is 10.4 Å². The Balaban J connectivity index is 1.58. The minimum Gasteiger partial charge on any atom is -0.481 e. The lowest BCUT2D eigenvalue weighted by molar-refractivity contribution is -0.149. The molecule has 7 heteroatoms. The normalized spacial score (nSPS) is 27.7. The number of aryl methyl sites for hydroxylation is 1. The number of carboxylic acids is 1. The number of carboxylic acid groups (broad SMARTS) is 1. The monoisotopic (exact) mass is 320 g/mol. The number of hydrogen-bond acceptors (Lipinski definition) is 3. The molecule has 0 radical (unpaired) electrons. The first-order valence-corrected chi connectivity index (χ1v) is 8.17. The molecule has 1 aromatic rings. The van der Waals surface area contributed by atoms with E-state index < -0.39 is 11.4 Å². The quantitative estimate of drug-likeness (QED) is 0.874. The van der Waals surface area contributed by atoms with E-state index in [1.807, 2.05) is 20.2 Å². The molecule has 2 fully saturated rings. The third-order valence-corrected chi connectivity index (χ3v) is 5.25. The van der Waals surface area contributed by atoms with E-state index in [0.717, 1.165) is 18.4 Å². The van der Waals surface area contributed by atoms with Crippen LogP contribution in [0.4, 0.5) is 4.79 Å². The summed E-state index contributed by atoms with van der Waals surface area (Å²) < 4.78 is 1.74. The van der Waals surface area contributed by atoms with Gasteiger partial charge in [-0.15, -0.1) is 0 Å². The number of nitrogens with one attached hydrogen (secondary N) is 1. The summed E-state index contributed by atoms with van der Waals surface area (Å²) in [5.41, 5.74) is 0.352. The molecule has 1 unspecified atom stereocenters. The Hall–Kier alpha value is -2.05. The molecule has 7 nitrogen and oxygen atoms in total. The molecule has 0 spiro atoms. The van der Waals surface area contributed by atoms with Gasteiger partial charge in [-0.1, -0.05) is 6.42 Å². The van der Waals surface area contributed by atoms with Gasteiger partial charge in [0.1, 0.15) is 0 Å². The van der Waals surface area contributed by atoms with Gasteiger partial charge in [0, 0.05) is 32.4 Å². The van der Waals surface area contributed by atoms with Gasteiger partial charge in [-0.3, -0.25) is 9.48 Å². The van der Waals surface area contributed by atoms with E-state index in [1.54, 1.807) is 15.8 Å². The topological polar surface area (TPSA) is 87.5 Å². The lowest BCUT2D eigenvalue weighted by atomic mass is 9.81. The van der Waals surface area contributed by atoms with Crippen LogP contribution in [-0.2, 0) is 18.3 Å². The predicted octanol–water partition coefficient (Wildman–Crippen LogP) is 1.25. The molecule has 2 aliphatic rings. The van der Waals surface area contributed by atoms with Crippen LogP contribution in [0.25, 0.3) is 0 Å². The predicted molar refractivity (Wildman–Crippen MR) is 83.9 cm³/mol. The summed E-state index contributed by atoms with van der Waals surface area (Å²) in [5, 5.41) is 16.7. The van der Waals surface area contributed by atoms with Crippen molar-refractivity contribution in [1.82, 2.24) is 20.0 Å². The zero-order chi connectivity index (χ0) is 16.6. The van der Waals surface area contributed by atoms with Crippen LogP contribution >= 0.6 is 0 Å². The summed E-state index contributed by atoms with van der Waals surface area (Å²) >= 11 is 0. The smallest absolute Gasteiger partial charge is 0.317 e. The number of aromatic nitrogens is 2. The summed E-state index contributed by atoms with van der Waals surface area (Å²) in [6.45, 7) is 2.84. The Morgan fingerprint density at radius 3 is 2.96 bits per heavy atom. The van der Waals surface area contributed by atoms with Gasteiger partial charge < -0.3 is 15.3 Å². The Morgan fingerprint density at radius 1 is 1.57 bits per heavy atom. The molecule has 2 heterocycles. The molecule has 1 saturated carbocycles. The Bertz CT molecular complexity index is 614. The molecule has 126 valence electrons. The number of amides is 2. The minimum atomic E-state index is -0.751. The highest BCUT2D eigenvalue weighted by Gasteiger charge is 2.55. The third kappa shape index (κ3) is 2.92. The lowest BCUT2D eigenvalue weighted by Gasteiger charge is -2.24. The van der Waals surface area contributed by atoms with Crippen LogP contribution in [0, 0.1) is 11.3 Å². The highest BCUT2D eigenvalue weighted by Crippen LogP contribution is 2.48. The van der Waals surface area contributed by atoms with Crippen molar-refractivity contribution in [3.63, 3.8) is 0 Å². The Kier molecular flexibility index (Phi) is 4.04. The van der Waals surface area contributed by atoms with Gasteiger partial charge in [0.2, 0.25) is 0 Å². The van der Waals surface area contributed by atoms with Gasteiger partial charge >= 0.3 is 12.0 Å². The van der Waals surface area contributed by atoms with E-state index in [1.165, 1.54) is 0 Å². The second-order valence-electron chi connectivity index (χ2n) is 7.01. The molecule has 3 atom stereocenters. The van der Waals surface area contributed by atoms with Crippen molar-refractivity contribution < 1.29 is 14.7 Å².